The van der Waals surface area contributed by atoms with Crippen LogP contribution in [0.4, 0.5) is 26.3 Å². The Hall–Kier alpha value is -1.28. The fourth-order valence-electron chi connectivity index (χ4n) is 1.35. The van der Waals surface area contributed by atoms with Crippen molar-refractivity contribution in [3.63, 3.8) is 0 Å². The van der Waals surface area contributed by atoms with Gasteiger partial charge in [-0.25, -0.2) is 13.2 Å². The molecule has 0 radical (unpaired) electrons. The Bertz CT molecular complexity index is 394. The van der Waals surface area contributed by atoms with Crippen LogP contribution in [0, 0.1) is 17.5 Å². The molecule has 0 aliphatic rings. The molecule has 1 aromatic rings. The highest BCUT2D eigenvalue weighted by Crippen LogP contribution is 2.20. The van der Waals surface area contributed by atoms with Crippen LogP contribution in [-0.2, 0) is 0 Å². The molecule has 0 aromatic heterocycles. The van der Waals surface area contributed by atoms with E-state index in [-0.39, 0.29) is 12.1 Å². The van der Waals surface area contributed by atoms with Crippen LogP contribution in [0.5, 0.6) is 0 Å². The van der Waals surface area contributed by atoms with Crippen LogP contribution in [0.2, 0.25) is 0 Å². The van der Waals surface area contributed by atoms with Crippen LogP contribution >= 0.6 is 0 Å². The van der Waals surface area contributed by atoms with Gasteiger partial charge in [0.2, 0.25) is 0 Å². The summed E-state index contributed by atoms with van der Waals surface area (Å²) in [7, 11) is 0. The highest BCUT2D eigenvalue weighted by molar-refractivity contribution is 5.23. The average Bonchev–Trinajstić information content (AvgIpc) is 2.25. The lowest BCUT2D eigenvalue weighted by atomic mass is 10.1. The summed E-state index contributed by atoms with van der Waals surface area (Å²) in [5.74, 6) is -4.63. The molecule has 1 aromatic carbocycles. The van der Waals surface area contributed by atoms with Crippen molar-refractivity contribution < 1.29 is 26.3 Å². The molecule has 3 N–H and O–H groups in total. The van der Waals surface area contributed by atoms with Crippen LogP contribution in [0.1, 0.15) is 11.6 Å². The van der Waals surface area contributed by atoms with Crippen LogP contribution in [0.15, 0.2) is 12.1 Å². The Morgan fingerprint density at radius 3 is 2.00 bits per heavy atom. The first-order valence-electron chi connectivity index (χ1n) is 4.89. The molecule has 8 heteroatoms. The predicted molar refractivity (Wildman–Crippen MR) is 52.2 cm³/mol. The van der Waals surface area contributed by atoms with E-state index in [0.717, 1.165) is 0 Å². The number of nitrogens with one attached hydrogen (secondary N) is 1. The first-order valence-corrected chi connectivity index (χ1v) is 4.89. The van der Waals surface area contributed by atoms with Crippen molar-refractivity contribution in [1.82, 2.24) is 5.32 Å². The van der Waals surface area contributed by atoms with Crippen LogP contribution in [0.3, 0.4) is 0 Å². The van der Waals surface area contributed by atoms with E-state index in [4.69, 9.17) is 5.73 Å². The Kier molecular flexibility index (Phi) is 4.58. The fraction of sp³-hybridized carbons (Fsp3) is 0.400. The highest BCUT2D eigenvalue weighted by Gasteiger charge is 2.28. The SMILES string of the molecule is NCC(NCC(F)(F)F)c1cc(F)c(F)c(F)c1. The normalized spacial score (nSPS) is 13.7. The van der Waals surface area contributed by atoms with E-state index in [1.807, 2.05) is 5.32 Å². The predicted octanol–water partition coefficient (Wildman–Crippen LogP) is 2.26. The van der Waals surface area contributed by atoms with Gasteiger partial charge in [0.15, 0.2) is 17.5 Å². The summed E-state index contributed by atoms with van der Waals surface area (Å²) in [6.45, 7) is -1.68. The molecule has 102 valence electrons. The Balaban J connectivity index is 2.89. The van der Waals surface area contributed by atoms with E-state index in [2.05, 4.69) is 0 Å². The van der Waals surface area contributed by atoms with Gasteiger partial charge in [-0.2, -0.15) is 13.2 Å². The number of benzene rings is 1. The topological polar surface area (TPSA) is 38.0 Å². The van der Waals surface area contributed by atoms with E-state index in [1.165, 1.54) is 0 Å². The molecule has 0 heterocycles. The molecule has 1 rings (SSSR count). The molecular weight excluding hydrogens is 262 g/mol. The number of hydrogen-bond donors (Lipinski definition) is 2. The first-order chi connectivity index (χ1) is 8.24. The smallest absolute Gasteiger partial charge is 0.329 e. The van der Waals surface area contributed by atoms with E-state index in [9.17, 15) is 26.3 Å². The molecule has 2 nitrogen and oxygen atoms in total. The molecule has 0 aliphatic heterocycles. The lowest BCUT2D eigenvalue weighted by Gasteiger charge is -2.18. The van der Waals surface area contributed by atoms with Gasteiger partial charge in [0.05, 0.1) is 6.54 Å². The minimum absolute atomic E-state index is 0.182. The monoisotopic (exact) mass is 272 g/mol. The van der Waals surface area contributed by atoms with Gasteiger partial charge in [0.25, 0.3) is 0 Å². The Labute approximate surface area is 98.8 Å². The number of alkyl halides is 3. The number of nitrogens with two attached hydrogens (primary N) is 1. The van der Waals surface area contributed by atoms with Crippen molar-refractivity contribution in [1.29, 1.82) is 0 Å². The van der Waals surface area contributed by atoms with Crippen molar-refractivity contribution in [2.75, 3.05) is 13.1 Å². The maximum Gasteiger partial charge on any atom is 0.401 e. The third-order valence-corrected chi connectivity index (χ3v) is 2.19. The van der Waals surface area contributed by atoms with Gasteiger partial charge in [0, 0.05) is 12.6 Å². The standard InChI is InChI=1S/C10H10F6N2/c11-6-1-5(2-7(12)9(6)13)8(3-17)18-4-10(14,15)16/h1-2,8,18H,3-4,17H2. The molecule has 0 spiro atoms. The lowest BCUT2D eigenvalue weighted by Crippen LogP contribution is -2.35. The summed E-state index contributed by atoms with van der Waals surface area (Å²) in [5, 5.41) is 1.99. The number of hydrogen-bond acceptors (Lipinski definition) is 2. The summed E-state index contributed by atoms with van der Waals surface area (Å²) in [4.78, 5) is 0. The Morgan fingerprint density at radius 2 is 1.61 bits per heavy atom. The zero-order valence-corrected chi connectivity index (χ0v) is 8.99. The molecule has 1 unspecified atom stereocenters. The molecule has 0 saturated carbocycles. The quantitative estimate of drug-likeness (QED) is 0.651. The molecule has 0 bridgehead atoms. The van der Waals surface area contributed by atoms with Crippen molar-refractivity contribution in [2.45, 2.75) is 12.2 Å². The van der Waals surface area contributed by atoms with Crippen molar-refractivity contribution in [3.8, 4) is 0 Å². The average molecular weight is 272 g/mol. The van der Waals surface area contributed by atoms with Gasteiger partial charge in [-0.3, -0.25) is 0 Å². The molecule has 1 atom stereocenters. The summed E-state index contributed by atoms with van der Waals surface area (Å²) < 4.78 is 74.4. The van der Waals surface area contributed by atoms with Gasteiger partial charge in [-0.05, 0) is 17.7 Å². The van der Waals surface area contributed by atoms with Crippen molar-refractivity contribution in [3.05, 3.63) is 35.1 Å². The van der Waals surface area contributed by atoms with Gasteiger partial charge in [-0.15, -0.1) is 0 Å². The van der Waals surface area contributed by atoms with E-state index < -0.39 is 36.2 Å². The maximum atomic E-state index is 12.9. The fourth-order valence-corrected chi connectivity index (χ4v) is 1.35. The second-order valence-corrected chi connectivity index (χ2v) is 3.58. The lowest BCUT2D eigenvalue weighted by molar-refractivity contribution is -0.126. The summed E-state index contributed by atoms with van der Waals surface area (Å²) in [5.41, 5.74) is 5.02. The summed E-state index contributed by atoms with van der Waals surface area (Å²) >= 11 is 0. The molecule has 0 fully saturated rings. The maximum absolute atomic E-state index is 12.9. The zero-order valence-electron chi connectivity index (χ0n) is 8.99. The van der Waals surface area contributed by atoms with Crippen LogP contribution in [0.25, 0.3) is 0 Å². The van der Waals surface area contributed by atoms with Crippen LogP contribution < -0.4 is 11.1 Å². The van der Waals surface area contributed by atoms with Crippen molar-refractivity contribution in [2.24, 2.45) is 5.73 Å². The molecule has 0 saturated heterocycles. The van der Waals surface area contributed by atoms with E-state index >= 15 is 0 Å². The van der Waals surface area contributed by atoms with Gasteiger partial charge in [-0.1, -0.05) is 0 Å². The summed E-state index contributed by atoms with van der Waals surface area (Å²) in [6.07, 6.45) is -4.48. The number of rotatable bonds is 4. The third-order valence-electron chi connectivity index (χ3n) is 2.19. The molecule has 18 heavy (non-hydrogen) atoms. The molecule has 0 amide bonds. The number of halogens is 6. The highest BCUT2D eigenvalue weighted by atomic mass is 19.4. The van der Waals surface area contributed by atoms with Crippen molar-refractivity contribution >= 4 is 0 Å². The Morgan fingerprint density at radius 1 is 1.11 bits per heavy atom. The first kappa shape index (κ1) is 14.8. The van der Waals surface area contributed by atoms with Gasteiger partial charge in [0.1, 0.15) is 0 Å². The minimum Gasteiger partial charge on any atom is -0.329 e. The van der Waals surface area contributed by atoms with E-state index in [0.29, 0.717) is 12.1 Å². The second kappa shape index (κ2) is 5.57. The minimum atomic E-state index is -4.48. The third kappa shape index (κ3) is 3.88. The van der Waals surface area contributed by atoms with E-state index in [1.54, 1.807) is 0 Å². The molecule has 0 aliphatic carbocycles. The molecular formula is C10H10F6N2. The summed E-state index contributed by atoms with van der Waals surface area (Å²) in [6, 6.07) is 0.106. The second-order valence-electron chi connectivity index (χ2n) is 3.58. The van der Waals surface area contributed by atoms with Crippen LogP contribution in [-0.4, -0.2) is 19.3 Å². The zero-order chi connectivity index (χ0) is 13.9. The largest absolute Gasteiger partial charge is 0.401 e. The van der Waals surface area contributed by atoms with Gasteiger partial charge < -0.3 is 11.1 Å². The van der Waals surface area contributed by atoms with Gasteiger partial charge >= 0.3 is 6.18 Å².